The number of aliphatic hydroxyl groups is 1. The summed E-state index contributed by atoms with van der Waals surface area (Å²) in [5.74, 6) is 3.29. The monoisotopic (exact) mass is 229 g/mol. The fraction of sp³-hybridized carbons (Fsp3) is 1.00. The standard InChI is InChI=1S/C12H23NOS/c1-12(2)3-4-15-8-11(12)13-7-9-5-10(14)6-9/h9-11,13-14H,3-8H2,1-2H3. The van der Waals surface area contributed by atoms with Crippen molar-refractivity contribution in [2.24, 2.45) is 11.3 Å². The number of aliphatic hydroxyl groups excluding tert-OH is 1. The van der Waals surface area contributed by atoms with Gasteiger partial charge in [0.15, 0.2) is 0 Å². The molecule has 1 aliphatic heterocycles. The van der Waals surface area contributed by atoms with E-state index in [1.54, 1.807) is 0 Å². The Morgan fingerprint density at radius 1 is 1.40 bits per heavy atom. The Bertz CT molecular complexity index is 214. The van der Waals surface area contributed by atoms with Gasteiger partial charge >= 0.3 is 0 Å². The highest BCUT2D eigenvalue weighted by Gasteiger charge is 2.34. The lowest BCUT2D eigenvalue weighted by molar-refractivity contribution is 0.0398. The van der Waals surface area contributed by atoms with Crippen molar-refractivity contribution in [3.63, 3.8) is 0 Å². The van der Waals surface area contributed by atoms with E-state index in [-0.39, 0.29) is 6.10 Å². The van der Waals surface area contributed by atoms with Crippen LogP contribution in [0.2, 0.25) is 0 Å². The van der Waals surface area contributed by atoms with Crippen LogP contribution in [0.4, 0.5) is 0 Å². The van der Waals surface area contributed by atoms with Crippen LogP contribution in [0.25, 0.3) is 0 Å². The molecule has 15 heavy (non-hydrogen) atoms. The van der Waals surface area contributed by atoms with Gasteiger partial charge in [0.05, 0.1) is 6.10 Å². The highest BCUT2D eigenvalue weighted by molar-refractivity contribution is 7.99. The van der Waals surface area contributed by atoms with Gasteiger partial charge in [0.1, 0.15) is 0 Å². The first-order valence-electron chi connectivity index (χ1n) is 6.07. The van der Waals surface area contributed by atoms with Crippen molar-refractivity contribution in [2.75, 3.05) is 18.1 Å². The molecule has 0 aromatic heterocycles. The van der Waals surface area contributed by atoms with Crippen molar-refractivity contribution in [1.29, 1.82) is 0 Å². The summed E-state index contributed by atoms with van der Waals surface area (Å²) in [6.45, 7) is 5.85. The number of nitrogens with one attached hydrogen (secondary N) is 1. The lowest BCUT2D eigenvalue weighted by atomic mass is 9.80. The van der Waals surface area contributed by atoms with Gasteiger partial charge in [-0.1, -0.05) is 13.8 Å². The molecule has 0 aromatic carbocycles. The molecule has 1 saturated heterocycles. The molecule has 0 radical (unpaired) electrons. The van der Waals surface area contributed by atoms with E-state index in [0.29, 0.717) is 11.5 Å². The van der Waals surface area contributed by atoms with Crippen molar-refractivity contribution in [2.45, 2.75) is 45.3 Å². The number of thioether (sulfide) groups is 1. The molecule has 0 bridgehead atoms. The zero-order valence-corrected chi connectivity index (χ0v) is 10.6. The molecular weight excluding hydrogens is 206 g/mol. The minimum atomic E-state index is -0.00876. The molecular formula is C12H23NOS. The number of rotatable bonds is 3. The van der Waals surface area contributed by atoms with Crippen LogP contribution in [0.3, 0.4) is 0 Å². The van der Waals surface area contributed by atoms with Gasteiger partial charge in [-0.05, 0) is 42.9 Å². The summed E-state index contributed by atoms with van der Waals surface area (Å²) in [7, 11) is 0. The first kappa shape index (κ1) is 11.7. The summed E-state index contributed by atoms with van der Waals surface area (Å²) >= 11 is 2.07. The second kappa shape index (κ2) is 4.64. The number of hydrogen-bond acceptors (Lipinski definition) is 3. The highest BCUT2D eigenvalue weighted by Crippen LogP contribution is 2.35. The zero-order valence-electron chi connectivity index (χ0n) is 9.83. The van der Waals surface area contributed by atoms with Crippen molar-refractivity contribution >= 4 is 11.8 Å². The Labute approximate surface area is 97.2 Å². The van der Waals surface area contributed by atoms with Crippen molar-refractivity contribution in [3.05, 3.63) is 0 Å². The summed E-state index contributed by atoms with van der Waals surface area (Å²) in [6, 6.07) is 0.661. The predicted octanol–water partition coefficient (Wildman–Crippen LogP) is 1.88. The van der Waals surface area contributed by atoms with Crippen LogP contribution in [0.5, 0.6) is 0 Å². The first-order valence-corrected chi connectivity index (χ1v) is 7.22. The van der Waals surface area contributed by atoms with Gasteiger partial charge in [-0.15, -0.1) is 0 Å². The fourth-order valence-corrected chi connectivity index (χ4v) is 4.09. The van der Waals surface area contributed by atoms with E-state index in [4.69, 9.17) is 0 Å². The predicted molar refractivity (Wildman–Crippen MR) is 66.2 cm³/mol. The van der Waals surface area contributed by atoms with Gasteiger partial charge in [-0.25, -0.2) is 0 Å². The maximum absolute atomic E-state index is 9.23. The lowest BCUT2D eigenvalue weighted by Crippen LogP contribution is -2.49. The summed E-state index contributed by atoms with van der Waals surface area (Å²) in [5.41, 5.74) is 0.452. The van der Waals surface area contributed by atoms with Crippen LogP contribution >= 0.6 is 11.8 Å². The summed E-state index contributed by atoms with van der Waals surface area (Å²) in [6.07, 6.45) is 3.33. The van der Waals surface area contributed by atoms with Crippen LogP contribution in [-0.2, 0) is 0 Å². The molecule has 0 spiro atoms. The quantitative estimate of drug-likeness (QED) is 0.775. The largest absolute Gasteiger partial charge is 0.393 e. The van der Waals surface area contributed by atoms with Crippen molar-refractivity contribution in [1.82, 2.24) is 5.32 Å². The molecule has 3 heteroatoms. The number of hydrogen-bond donors (Lipinski definition) is 2. The van der Waals surface area contributed by atoms with Crippen LogP contribution in [0, 0.1) is 11.3 Å². The summed E-state index contributed by atoms with van der Waals surface area (Å²) in [4.78, 5) is 0. The van der Waals surface area contributed by atoms with Crippen molar-refractivity contribution < 1.29 is 5.11 Å². The van der Waals surface area contributed by atoms with Gasteiger partial charge < -0.3 is 10.4 Å². The summed E-state index contributed by atoms with van der Waals surface area (Å²) < 4.78 is 0. The van der Waals surface area contributed by atoms with Gasteiger partial charge in [-0.2, -0.15) is 11.8 Å². The molecule has 2 nitrogen and oxygen atoms in total. The van der Waals surface area contributed by atoms with Crippen LogP contribution in [0.15, 0.2) is 0 Å². The fourth-order valence-electron chi connectivity index (χ4n) is 2.45. The lowest BCUT2D eigenvalue weighted by Gasteiger charge is -2.41. The van der Waals surface area contributed by atoms with Gasteiger partial charge in [-0.3, -0.25) is 0 Å². The minimum absolute atomic E-state index is 0.00876. The normalized spacial score (nSPS) is 39.8. The maximum Gasteiger partial charge on any atom is 0.0546 e. The molecule has 2 rings (SSSR count). The van der Waals surface area contributed by atoms with Gasteiger partial charge in [0.2, 0.25) is 0 Å². The molecule has 1 aliphatic carbocycles. The Kier molecular flexibility index (Phi) is 3.63. The van der Waals surface area contributed by atoms with E-state index in [2.05, 4.69) is 30.9 Å². The molecule has 0 aromatic rings. The molecule has 1 saturated carbocycles. The Balaban J connectivity index is 1.73. The second-order valence-electron chi connectivity index (χ2n) is 5.77. The average molecular weight is 229 g/mol. The molecule has 2 N–H and O–H groups in total. The third-order valence-electron chi connectivity index (χ3n) is 3.98. The maximum atomic E-state index is 9.23. The first-order chi connectivity index (χ1) is 7.08. The average Bonchev–Trinajstić information content (AvgIpc) is 2.12. The third-order valence-corrected chi connectivity index (χ3v) is 5.04. The molecule has 1 unspecified atom stereocenters. The van der Waals surface area contributed by atoms with E-state index in [9.17, 15) is 5.11 Å². The Hall–Kier alpha value is 0.270. The van der Waals surface area contributed by atoms with Crippen molar-refractivity contribution in [3.8, 4) is 0 Å². The molecule has 2 aliphatic rings. The smallest absolute Gasteiger partial charge is 0.0546 e. The summed E-state index contributed by atoms with van der Waals surface area (Å²) in [5, 5.41) is 12.9. The van der Waals surface area contributed by atoms with E-state index >= 15 is 0 Å². The van der Waals surface area contributed by atoms with Crippen LogP contribution < -0.4 is 5.32 Å². The molecule has 2 fully saturated rings. The Morgan fingerprint density at radius 3 is 2.73 bits per heavy atom. The molecule has 88 valence electrons. The minimum Gasteiger partial charge on any atom is -0.393 e. The highest BCUT2D eigenvalue weighted by atomic mass is 32.2. The van der Waals surface area contributed by atoms with E-state index < -0.39 is 0 Å². The van der Waals surface area contributed by atoms with Gasteiger partial charge in [0.25, 0.3) is 0 Å². The third kappa shape index (κ3) is 2.89. The van der Waals surface area contributed by atoms with E-state index in [0.717, 1.165) is 25.3 Å². The molecule has 1 atom stereocenters. The van der Waals surface area contributed by atoms with Crippen LogP contribution in [-0.4, -0.2) is 35.3 Å². The Morgan fingerprint density at radius 2 is 2.13 bits per heavy atom. The topological polar surface area (TPSA) is 32.3 Å². The second-order valence-corrected chi connectivity index (χ2v) is 6.92. The van der Waals surface area contributed by atoms with E-state index in [1.807, 2.05) is 0 Å². The molecule has 1 heterocycles. The van der Waals surface area contributed by atoms with Crippen LogP contribution in [0.1, 0.15) is 33.1 Å². The van der Waals surface area contributed by atoms with E-state index in [1.165, 1.54) is 17.9 Å². The SMILES string of the molecule is CC1(C)CCSCC1NCC1CC(O)C1. The zero-order chi connectivity index (χ0) is 10.9. The van der Waals surface area contributed by atoms with Gasteiger partial charge in [0, 0.05) is 11.8 Å². The molecule has 0 amide bonds.